The number of aromatic nitrogens is 1. The molecule has 1 aliphatic rings. The van der Waals surface area contributed by atoms with Crippen molar-refractivity contribution >= 4 is 0 Å². The van der Waals surface area contributed by atoms with E-state index in [1.165, 1.54) is 12.8 Å². The monoisotopic (exact) mass is 222 g/mol. The van der Waals surface area contributed by atoms with E-state index < -0.39 is 6.04 Å². The molecule has 88 valence electrons. The Morgan fingerprint density at radius 3 is 2.94 bits per heavy atom. The highest BCUT2D eigenvalue weighted by Crippen LogP contribution is 2.27. The summed E-state index contributed by atoms with van der Waals surface area (Å²) in [5.74, 6) is 0.580. The molecule has 16 heavy (non-hydrogen) atoms. The van der Waals surface area contributed by atoms with Gasteiger partial charge in [-0.25, -0.2) is 4.98 Å². The molecule has 1 atom stereocenters. The molecular weight excluding hydrogens is 204 g/mol. The van der Waals surface area contributed by atoms with Crippen molar-refractivity contribution in [2.24, 2.45) is 5.73 Å². The van der Waals surface area contributed by atoms with Gasteiger partial charge in [0.15, 0.2) is 0 Å². The average Bonchev–Trinajstić information content (AvgIpc) is 2.82. The second kappa shape index (κ2) is 5.27. The molecule has 4 nitrogen and oxygen atoms in total. The third kappa shape index (κ3) is 2.51. The summed E-state index contributed by atoms with van der Waals surface area (Å²) in [6.45, 7) is -0.0906. The van der Waals surface area contributed by atoms with Crippen LogP contribution in [0.15, 0.2) is 18.3 Å². The highest BCUT2D eigenvalue weighted by molar-refractivity contribution is 5.29. The van der Waals surface area contributed by atoms with Crippen LogP contribution in [0.25, 0.3) is 0 Å². The van der Waals surface area contributed by atoms with Crippen LogP contribution in [0.3, 0.4) is 0 Å². The van der Waals surface area contributed by atoms with Gasteiger partial charge in [-0.2, -0.15) is 0 Å². The molecule has 1 aromatic rings. The Kier molecular flexibility index (Phi) is 3.74. The lowest BCUT2D eigenvalue weighted by molar-refractivity contribution is 0.194. The molecule has 0 aromatic carbocycles. The molecule has 1 fully saturated rings. The van der Waals surface area contributed by atoms with Crippen LogP contribution in [0, 0.1) is 0 Å². The molecule has 0 saturated heterocycles. The maximum Gasteiger partial charge on any atom is 0.218 e. The first-order valence-electron chi connectivity index (χ1n) is 5.79. The van der Waals surface area contributed by atoms with Gasteiger partial charge in [-0.15, -0.1) is 0 Å². The van der Waals surface area contributed by atoms with Crippen molar-refractivity contribution in [2.45, 2.75) is 37.8 Å². The Morgan fingerprint density at radius 2 is 2.25 bits per heavy atom. The number of hydrogen-bond donors (Lipinski definition) is 2. The topological polar surface area (TPSA) is 68.4 Å². The molecule has 1 aromatic heterocycles. The van der Waals surface area contributed by atoms with Gasteiger partial charge >= 0.3 is 0 Å². The molecule has 3 N–H and O–H groups in total. The van der Waals surface area contributed by atoms with Gasteiger partial charge in [0.1, 0.15) is 6.10 Å². The summed E-state index contributed by atoms with van der Waals surface area (Å²) in [4.78, 5) is 4.20. The summed E-state index contributed by atoms with van der Waals surface area (Å²) < 4.78 is 5.83. The number of nitrogens with zero attached hydrogens (tertiary/aromatic N) is 1. The molecule has 2 rings (SSSR count). The normalized spacial score (nSPS) is 18.6. The Bertz CT molecular complexity index is 338. The molecule has 0 spiro atoms. The van der Waals surface area contributed by atoms with Crippen LogP contribution in [-0.2, 0) is 0 Å². The third-order valence-electron chi connectivity index (χ3n) is 2.98. The fourth-order valence-electron chi connectivity index (χ4n) is 2.05. The van der Waals surface area contributed by atoms with E-state index in [1.807, 2.05) is 12.1 Å². The standard InChI is InChI=1S/C12H18N2O2/c13-11(8-15)10-6-3-7-14-12(10)16-9-4-1-2-5-9/h3,6-7,9,11,15H,1-2,4-5,8,13H2/t11-/m1/s1. The summed E-state index contributed by atoms with van der Waals surface area (Å²) in [7, 11) is 0. The largest absolute Gasteiger partial charge is 0.474 e. The minimum atomic E-state index is -0.412. The van der Waals surface area contributed by atoms with E-state index in [0.29, 0.717) is 5.88 Å². The summed E-state index contributed by atoms with van der Waals surface area (Å²) in [6, 6.07) is 3.26. The molecule has 1 heterocycles. The first-order valence-corrected chi connectivity index (χ1v) is 5.79. The van der Waals surface area contributed by atoms with E-state index >= 15 is 0 Å². The number of pyridine rings is 1. The molecule has 1 saturated carbocycles. The van der Waals surface area contributed by atoms with Crippen LogP contribution in [0.5, 0.6) is 5.88 Å². The first kappa shape index (κ1) is 11.4. The van der Waals surface area contributed by atoms with Crippen LogP contribution >= 0.6 is 0 Å². The number of aliphatic hydroxyl groups is 1. The molecule has 4 heteroatoms. The molecule has 0 aliphatic heterocycles. The van der Waals surface area contributed by atoms with E-state index in [1.54, 1.807) is 6.20 Å². The second-order valence-corrected chi connectivity index (χ2v) is 4.21. The SMILES string of the molecule is N[C@H](CO)c1cccnc1OC1CCCC1. The van der Waals surface area contributed by atoms with Gasteiger partial charge in [0.25, 0.3) is 0 Å². The van der Waals surface area contributed by atoms with Crippen LogP contribution in [0.4, 0.5) is 0 Å². The second-order valence-electron chi connectivity index (χ2n) is 4.21. The van der Waals surface area contributed by atoms with Crippen LogP contribution in [0.1, 0.15) is 37.3 Å². The van der Waals surface area contributed by atoms with Crippen molar-refractivity contribution in [2.75, 3.05) is 6.61 Å². The number of nitrogens with two attached hydrogens (primary N) is 1. The highest BCUT2D eigenvalue weighted by atomic mass is 16.5. The van der Waals surface area contributed by atoms with Gasteiger partial charge in [0.05, 0.1) is 12.6 Å². The van der Waals surface area contributed by atoms with Crippen molar-refractivity contribution < 1.29 is 9.84 Å². The van der Waals surface area contributed by atoms with Crippen molar-refractivity contribution in [1.29, 1.82) is 0 Å². The van der Waals surface area contributed by atoms with Gasteiger partial charge in [-0.05, 0) is 31.7 Å². The van der Waals surface area contributed by atoms with E-state index in [9.17, 15) is 0 Å². The Morgan fingerprint density at radius 1 is 1.50 bits per heavy atom. The lowest BCUT2D eigenvalue weighted by Gasteiger charge is -2.17. The zero-order valence-corrected chi connectivity index (χ0v) is 9.30. The molecular formula is C12H18N2O2. The van der Waals surface area contributed by atoms with E-state index in [4.69, 9.17) is 15.6 Å². The maximum atomic E-state index is 9.07. The van der Waals surface area contributed by atoms with Gasteiger partial charge in [-0.3, -0.25) is 0 Å². The van der Waals surface area contributed by atoms with E-state index in [2.05, 4.69) is 4.98 Å². The summed E-state index contributed by atoms with van der Waals surface area (Å²) in [6.07, 6.45) is 6.57. The summed E-state index contributed by atoms with van der Waals surface area (Å²) in [5, 5.41) is 9.07. The molecule has 1 aliphatic carbocycles. The van der Waals surface area contributed by atoms with E-state index in [-0.39, 0.29) is 12.7 Å². The van der Waals surface area contributed by atoms with Gasteiger partial charge in [-0.1, -0.05) is 6.07 Å². The predicted octanol–water partition coefficient (Wildman–Crippen LogP) is 1.40. The van der Waals surface area contributed by atoms with E-state index in [0.717, 1.165) is 18.4 Å². The lowest BCUT2D eigenvalue weighted by Crippen LogP contribution is -2.19. The van der Waals surface area contributed by atoms with Gasteiger partial charge < -0.3 is 15.6 Å². The third-order valence-corrected chi connectivity index (χ3v) is 2.98. The Labute approximate surface area is 95.4 Å². The molecule has 0 unspecified atom stereocenters. The molecule has 0 amide bonds. The first-order chi connectivity index (χ1) is 7.81. The zero-order valence-electron chi connectivity index (χ0n) is 9.30. The summed E-state index contributed by atoms with van der Waals surface area (Å²) in [5.41, 5.74) is 6.59. The smallest absolute Gasteiger partial charge is 0.218 e. The number of aliphatic hydroxyl groups excluding tert-OH is 1. The average molecular weight is 222 g/mol. The fraction of sp³-hybridized carbons (Fsp3) is 0.583. The van der Waals surface area contributed by atoms with Gasteiger partial charge in [0, 0.05) is 11.8 Å². The lowest BCUT2D eigenvalue weighted by atomic mass is 10.1. The number of rotatable bonds is 4. The molecule has 0 bridgehead atoms. The Hall–Kier alpha value is -1.13. The fourth-order valence-corrected chi connectivity index (χ4v) is 2.05. The van der Waals surface area contributed by atoms with Gasteiger partial charge in [0.2, 0.25) is 5.88 Å². The minimum absolute atomic E-state index is 0.0906. The summed E-state index contributed by atoms with van der Waals surface area (Å²) >= 11 is 0. The quantitative estimate of drug-likeness (QED) is 0.808. The minimum Gasteiger partial charge on any atom is -0.474 e. The van der Waals surface area contributed by atoms with Crippen molar-refractivity contribution in [3.8, 4) is 5.88 Å². The predicted molar refractivity (Wildman–Crippen MR) is 61.1 cm³/mol. The van der Waals surface area contributed by atoms with Crippen molar-refractivity contribution in [3.05, 3.63) is 23.9 Å². The van der Waals surface area contributed by atoms with Crippen molar-refractivity contribution in [3.63, 3.8) is 0 Å². The van der Waals surface area contributed by atoms with Crippen molar-refractivity contribution in [1.82, 2.24) is 4.98 Å². The van der Waals surface area contributed by atoms with Crippen LogP contribution < -0.4 is 10.5 Å². The number of ether oxygens (including phenoxy) is 1. The Balaban J connectivity index is 2.12. The van der Waals surface area contributed by atoms with Crippen LogP contribution in [-0.4, -0.2) is 22.8 Å². The zero-order chi connectivity index (χ0) is 11.4. The molecule has 0 radical (unpaired) electrons. The van der Waals surface area contributed by atoms with Crippen LogP contribution in [0.2, 0.25) is 0 Å². The number of hydrogen-bond acceptors (Lipinski definition) is 4. The maximum absolute atomic E-state index is 9.07. The highest BCUT2D eigenvalue weighted by Gasteiger charge is 2.20.